The first kappa shape index (κ1) is 19.1. The molecule has 4 rings (SSSR count). The highest BCUT2D eigenvalue weighted by molar-refractivity contribution is 5.82. The van der Waals surface area contributed by atoms with Crippen molar-refractivity contribution in [2.75, 3.05) is 6.54 Å². The molecule has 2 N–H and O–H groups in total. The quantitative estimate of drug-likeness (QED) is 0.812. The van der Waals surface area contributed by atoms with E-state index >= 15 is 0 Å². The number of nitrogens with one attached hydrogen (secondary N) is 2. The molecule has 2 aliphatic rings. The number of carbonyl (C=O) groups excluding carboxylic acids is 1. The summed E-state index contributed by atoms with van der Waals surface area (Å²) in [7, 11) is 0. The largest absolute Gasteiger partial charge is 0.461 e. The topological polar surface area (TPSA) is 78.1 Å². The molecule has 2 bridgehead atoms. The number of aryl methyl sites for hydroxylation is 2. The summed E-state index contributed by atoms with van der Waals surface area (Å²) in [6, 6.07) is 11.2. The first-order valence-electron chi connectivity index (χ1n) is 9.21. The molecule has 2 aromatic rings. The van der Waals surface area contributed by atoms with Crippen LogP contribution in [0.3, 0.4) is 0 Å². The van der Waals surface area contributed by atoms with Gasteiger partial charge in [-0.1, -0.05) is 12.1 Å². The molecule has 1 aliphatic heterocycles. The minimum Gasteiger partial charge on any atom is -0.461 e. The number of carbonyl (C=O) groups is 1. The lowest BCUT2D eigenvalue weighted by molar-refractivity contribution is -0.123. The molecule has 1 amide bonds. The highest BCUT2D eigenvalue weighted by Crippen LogP contribution is 2.35. The van der Waals surface area contributed by atoms with Crippen LogP contribution in [-0.4, -0.2) is 24.5 Å². The number of hydrogen-bond donors (Lipinski definition) is 2. The highest BCUT2D eigenvalue weighted by Gasteiger charge is 2.42. The lowest BCUT2D eigenvalue weighted by Crippen LogP contribution is -2.47. The highest BCUT2D eigenvalue weighted by atomic mass is 19.1. The summed E-state index contributed by atoms with van der Waals surface area (Å²) in [5, 5.41) is 14.2. The van der Waals surface area contributed by atoms with Crippen molar-refractivity contribution in [1.82, 2.24) is 10.6 Å². The van der Waals surface area contributed by atoms with Gasteiger partial charge in [-0.15, -0.1) is 0 Å². The van der Waals surface area contributed by atoms with Crippen LogP contribution in [0.2, 0.25) is 0 Å². The second-order valence-electron chi connectivity index (χ2n) is 7.16. The van der Waals surface area contributed by atoms with E-state index in [1.54, 1.807) is 13.0 Å². The zero-order valence-electron chi connectivity index (χ0n) is 15.6. The van der Waals surface area contributed by atoms with Crippen molar-refractivity contribution in [1.29, 1.82) is 5.26 Å². The Labute approximate surface area is 158 Å². The van der Waals surface area contributed by atoms with Gasteiger partial charge in [0.15, 0.2) is 0 Å². The van der Waals surface area contributed by atoms with Crippen molar-refractivity contribution in [3.63, 3.8) is 0 Å². The Morgan fingerprint density at radius 1 is 1.33 bits per heavy atom. The van der Waals surface area contributed by atoms with Crippen LogP contribution >= 0.6 is 0 Å². The average molecular weight is 369 g/mol. The van der Waals surface area contributed by atoms with Gasteiger partial charge in [0.05, 0.1) is 12.1 Å². The molecular weight excluding hydrogens is 345 g/mol. The van der Waals surface area contributed by atoms with Crippen LogP contribution in [0.15, 0.2) is 34.7 Å². The van der Waals surface area contributed by atoms with E-state index in [2.05, 4.69) is 10.6 Å². The van der Waals surface area contributed by atoms with Gasteiger partial charge in [0.25, 0.3) is 0 Å². The molecule has 2 fully saturated rings. The molecular formula is C21H24FN3O2. The van der Waals surface area contributed by atoms with E-state index in [9.17, 15) is 9.18 Å². The van der Waals surface area contributed by atoms with E-state index in [4.69, 9.17) is 9.68 Å². The van der Waals surface area contributed by atoms with Gasteiger partial charge in [-0.2, -0.15) is 5.26 Å². The maximum absolute atomic E-state index is 13.2. The summed E-state index contributed by atoms with van der Waals surface area (Å²) in [6.07, 6.45) is 3.49. The Morgan fingerprint density at radius 2 is 2.15 bits per heavy atom. The van der Waals surface area contributed by atoms with Gasteiger partial charge in [-0.3, -0.25) is 4.79 Å². The Hall–Kier alpha value is -2.65. The van der Waals surface area contributed by atoms with Gasteiger partial charge in [-0.05, 0) is 62.8 Å². The SMILES string of the molecule is Cc1ccc(-c2ccc(C)c(F)c2)o1.N#CCNC(=O)[C@H]1N[C@@H]2CCC1C2. The van der Waals surface area contributed by atoms with Crippen LogP contribution in [-0.2, 0) is 4.79 Å². The Morgan fingerprint density at radius 3 is 2.70 bits per heavy atom. The second-order valence-corrected chi connectivity index (χ2v) is 7.16. The van der Waals surface area contributed by atoms with Crippen LogP contribution in [0.1, 0.15) is 30.6 Å². The molecule has 1 aromatic heterocycles. The number of hydrogen-bond acceptors (Lipinski definition) is 4. The van der Waals surface area contributed by atoms with Crippen molar-refractivity contribution in [2.45, 2.75) is 45.2 Å². The van der Waals surface area contributed by atoms with Crippen LogP contribution in [0, 0.1) is 36.9 Å². The zero-order valence-corrected chi connectivity index (χ0v) is 15.6. The number of halogens is 1. The molecule has 0 radical (unpaired) electrons. The van der Waals surface area contributed by atoms with E-state index in [-0.39, 0.29) is 24.3 Å². The number of nitrogens with zero attached hydrogens (tertiary/aromatic N) is 1. The van der Waals surface area contributed by atoms with Gasteiger partial charge in [0.2, 0.25) is 5.91 Å². The van der Waals surface area contributed by atoms with Gasteiger partial charge in [-0.25, -0.2) is 4.39 Å². The summed E-state index contributed by atoms with van der Waals surface area (Å²) < 4.78 is 18.6. The Bertz CT molecular complexity index is 855. The van der Waals surface area contributed by atoms with Gasteiger partial charge < -0.3 is 15.1 Å². The molecule has 0 spiro atoms. The predicted molar refractivity (Wildman–Crippen MR) is 100 cm³/mol. The maximum atomic E-state index is 13.2. The predicted octanol–water partition coefficient (Wildman–Crippen LogP) is 3.47. The number of piperidine rings is 1. The van der Waals surface area contributed by atoms with Crippen LogP contribution in [0.25, 0.3) is 11.3 Å². The van der Waals surface area contributed by atoms with Gasteiger partial charge in [0.1, 0.15) is 23.9 Å². The first-order chi connectivity index (χ1) is 13.0. The summed E-state index contributed by atoms with van der Waals surface area (Å²) >= 11 is 0. The fraction of sp³-hybridized carbons (Fsp3) is 0.429. The smallest absolute Gasteiger partial charge is 0.238 e. The molecule has 6 heteroatoms. The number of furan rings is 1. The van der Waals surface area contributed by atoms with Crippen molar-refractivity contribution < 1.29 is 13.6 Å². The molecule has 142 valence electrons. The van der Waals surface area contributed by atoms with E-state index in [0.717, 1.165) is 24.2 Å². The Kier molecular flexibility index (Phi) is 5.92. The van der Waals surface area contributed by atoms with Gasteiger partial charge >= 0.3 is 0 Å². The monoisotopic (exact) mass is 369 g/mol. The number of rotatable bonds is 3. The normalized spacial score (nSPS) is 22.7. The minimum atomic E-state index is -0.198. The fourth-order valence-electron chi connectivity index (χ4n) is 3.72. The summed E-state index contributed by atoms with van der Waals surface area (Å²) in [6.45, 7) is 3.73. The first-order valence-corrected chi connectivity index (χ1v) is 9.21. The van der Waals surface area contributed by atoms with Crippen LogP contribution in [0.4, 0.5) is 4.39 Å². The molecule has 1 saturated heterocycles. The molecule has 1 aliphatic carbocycles. The fourth-order valence-corrected chi connectivity index (χ4v) is 3.72. The van der Waals surface area contributed by atoms with E-state index in [1.807, 2.05) is 31.2 Å². The average Bonchev–Trinajstić information content (AvgIpc) is 3.39. The number of benzene rings is 1. The van der Waals surface area contributed by atoms with Crippen molar-refractivity contribution >= 4 is 5.91 Å². The lowest BCUT2D eigenvalue weighted by atomic mass is 9.99. The van der Waals surface area contributed by atoms with Crippen LogP contribution < -0.4 is 10.6 Å². The summed E-state index contributed by atoms with van der Waals surface area (Å²) in [5.74, 6) is 1.84. The molecule has 27 heavy (non-hydrogen) atoms. The third kappa shape index (κ3) is 4.55. The third-order valence-electron chi connectivity index (χ3n) is 5.18. The molecule has 5 nitrogen and oxygen atoms in total. The molecule has 2 heterocycles. The van der Waals surface area contributed by atoms with Crippen LogP contribution in [0.5, 0.6) is 0 Å². The summed E-state index contributed by atoms with van der Waals surface area (Å²) in [4.78, 5) is 11.5. The Balaban J connectivity index is 0.000000156. The van der Waals surface area contributed by atoms with Crippen molar-refractivity contribution in [2.24, 2.45) is 5.92 Å². The van der Waals surface area contributed by atoms with Gasteiger partial charge in [0, 0.05) is 11.6 Å². The molecule has 3 atom stereocenters. The zero-order chi connectivity index (χ0) is 19.4. The lowest BCUT2D eigenvalue weighted by Gasteiger charge is -2.21. The minimum absolute atomic E-state index is 0.00579. The molecule has 1 saturated carbocycles. The standard InChI is InChI=1S/C12H11FO.C9H13N3O/c1-8-3-5-10(7-11(8)13)12-6-4-9(2)14-12;10-3-4-11-9(13)8-6-1-2-7(5-6)12-8/h3-7H,1-2H3;6-8,12H,1-2,4-5H2,(H,11,13)/t;6?,7-,8+/m.1/s1. The van der Waals surface area contributed by atoms with E-state index in [1.165, 1.54) is 12.5 Å². The number of amides is 1. The third-order valence-corrected chi connectivity index (χ3v) is 5.18. The number of fused-ring (bicyclic) bond motifs is 2. The van der Waals surface area contributed by atoms with Crippen molar-refractivity contribution in [3.8, 4) is 17.4 Å². The summed E-state index contributed by atoms with van der Waals surface area (Å²) in [5.41, 5.74) is 1.43. The number of nitriles is 1. The maximum Gasteiger partial charge on any atom is 0.238 e. The van der Waals surface area contributed by atoms with Crippen molar-refractivity contribution in [3.05, 3.63) is 47.5 Å². The second kappa shape index (κ2) is 8.36. The molecule has 1 unspecified atom stereocenters. The molecule has 1 aromatic carbocycles. The van der Waals surface area contributed by atoms with E-state index < -0.39 is 0 Å². The van der Waals surface area contributed by atoms with E-state index in [0.29, 0.717) is 23.3 Å².